The first-order chi connectivity index (χ1) is 21.4. The van der Waals surface area contributed by atoms with Gasteiger partial charge in [0.15, 0.2) is 0 Å². The van der Waals surface area contributed by atoms with Crippen LogP contribution in [0.1, 0.15) is 157 Å². The molecule has 0 unspecified atom stereocenters. The van der Waals surface area contributed by atoms with Gasteiger partial charge >= 0.3 is 24.3 Å². The molecule has 0 aliphatic carbocycles. The number of hydrogen-bond donors (Lipinski definition) is 0. The third kappa shape index (κ3) is 17.5. The first-order valence-corrected chi connectivity index (χ1v) is 17.1. The number of benzene rings is 2. The van der Waals surface area contributed by atoms with Crippen LogP contribution in [0, 0.1) is 10.8 Å². The molecule has 3 nitrogen and oxygen atoms in total. The van der Waals surface area contributed by atoms with Gasteiger partial charge < -0.3 is 27.3 Å². The van der Waals surface area contributed by atoms with Crippen LogP contribution in [-0.2, 0) is 21.8 Å². The van der Waals surface area contributed by atoms with Gasteiger partial charge in [0.05, 0.1) is 5.69 Å². The number of nitrogens with zero attached hydrogens (tertiary/aromatic N) is 2. The molecule has 48 heavy (non-hydrogen) atoms. The summed E-state index contributed by atoms with van der Waals surface area (Å²) in [6.07, 6.45) is 2.28. The van der Waals surface area contributed by atoms with Crippen molar-refractivity contribution in [2.45, 2.75) is 134 Å². The van der Waals surface area contributed by atoms with Gasteiger partial charge in [-0.1, -0.05) is 151 Å². The quantitative estimate of drug-likeness (QED) is 0.137. The van der Waals surface area contributed by atoms with Gasteiger partial charge in [-0.25, -0.2) is 0 Å². The third-order valence-electron chi connectivity index (χ3n) is 7.37. The molecule has 0 N–H and O–H groups in total. The van der Waals surface area contributed by atoms with Crippen LogP contribution < -0.4 is 0 Å². The molecule has 0 heterocycles. The second-order valence-electron chi connectivity index (χ2n) is 15.1. The largest absolute Gasteiger partial charge is 2.00 e. The first-order valence-electron chi connectivity index (χ1n) is 17.1. The molecule has 0 fully saturated rings. The number of aliphatic imine (C=N–C) groups is 1. The number of allylic oxidation sites excluding steroid dienone is 2. The average molecular weight is 719 g/mol. The van der Waals surface area contributed by atoms with Crippen molar-refractivity contribution in [3.8, 4) is 0 Å². The first kappa shape index (κ1) is 48.0. The fourth-order valence-corrected chi connectivity index (χ4v) is 4.69. The summed E-state index contributed by atoms with van der Waals surface area (Å²) in [5.41, 5.74) is 9.37. The molecular formula is C39H63BF4FeN2O. The Morgan fingerprint density at radius 2 is 1.02 bits per heavy atom. The molecule has 0 saturated heterocycles. The van der Waals surface area contributed by atoms with Crippen LogP contribution in [0.4, 0.5) is 28.6 Å². The Balaban J connectivity index is 0. The van der Waals surface area contributed by atoms with Crippen molar-refractivity contribution in [1.29, 1.82) is 0 Å². The van der Waals surface area contributed by atoms with Crippen LogP contribution in [-0.4, -0.2) is 26.2 Å². The van der Waals surface area contributed by atoms with Crippen molar-refractivity contribution >= 4 is 24.3 Å². The fourth-order valence-electron chi connectivity index (χ4n) is 4.69. The second-order valence-corrected chi connectivity index (χ2v) is 15.1. The van der Waals surface area contributed by atoms with Gasteiger partial charge in [0, 0.05) is 24.3 Å². The number of para-hydroxylation sites is 2. The number of ether oxygens (including phenoxy) is 1. The van der Waals surface area contributed by atoms with Gasteiger partial charge in [0.2, 0.25) is 0 Å². The standard InChI is InChI=1S/C35H53N2.C4H10O.BF4.Fe/c1-22(2)26-17-15-18-27(23(3)4)32(26)36-30(34(9,10)11)21-31(35(12,13)14)37-33-28(24(5)6)19-16-20-29(33)25(7)8;1-3-5-4-2;2-1(3,4)5;/h15-25H,1-14H3;3-4H2,1-2H3;;/q-1;;-1;+2/b30-21-,37-31?;;;. The Hall–Kier alpha value is -2.09. The van der Waals surface area contributed by atoms with E-state index in [-0.39, 0.29) is 27.9 Å². The van der Waals surface area contributed by atoms with Crippen molar-refractivity contribution in [2.75, 3.05) is 13.2 Å². The van der Waals surface area contributed by atoms with E-state index in [2.05, 4.69) is 139 Å². The number of halogens is 4. The summed E-state index contributed by atoms with van der Waals surface area (Å²) in [4.78, 5) is 5.46. The van der Waals surface area contributed by atoms with Crippen LogP contribution >= 0.6 is 0 Å². The maximum atomic E-state index is 9.75. The normalized spacial score (nSPS) is 12.8. The molecule has 0 radical (unpaired) electrons. The summed E-state index contributed by atoms with van der Waals surface area (Å²) in [6.45, 7) is 37.3. The van der Waals surface area contributed by atoms with E-state index in [0.29, 0.717) is 23.7 Å². The van der Waals surface area contributed by atoms with E-state index in [1.165, 1.54) is 22.3 Å². The Kier molecular flexibility index (Phi) is 21.2. The van der Waals surface area contributed by atoms with Crippen LogP contribution in [0.5, 0.6) is 0 Å². The van der Waals surface area contributed by atoms with Crippen LogP contribution in [0.2, 0.25) is 0 Å². The fraction of sp³-hybridized carbons (Fsp3) is 0.615. The van der Waals surface area contributed by atoms with E-state index in [9.17, 15) is 17.3 Å². The van der Waals surface area contributed by atoms with Crippen molar-refractivity contribution in [1.82, 2.24) is 0 Å². The van der Waals surface area contributed by atoms with E-state index in [1.54, 1.807) is 0 Å². The van der Waals surface area contributed by atoms with E-state index >= 15 is 0 Å². The maximum Gasteiger partial charge on any atom is 2.00 e. The third-order valence-corrected chi connectivity index (χ3v) is 7.37. The zero-order valence-electron chi connectivity index (χ0n) is 32.5. The van der Waals surface area contributed by atoms with E-state index in [0.717, 1.165) is 36.0 Å². The zero-order chi connectivity index (χ0) is 36.9. The van der Waals surface area contributed by atoms with Gasteiger partial charge in [0.25, 0.3) is 0 Å². The summed E-state index contributed by atoms with van der Waals surface area (Å²) in [5.74, 6) is 1.61. The van der Waals surface area contributed by atoms with Gasteiger partial charge in [0.1, 0.15) is 0 Å². The summed E-state index contributed by atoms with van der Waals surface area (Å²) in [5, 5.41) is 5.46. The van der Waals surface area contributed by atoms with Gasteiger partial charge in [-0.3, -0.25) is 4.99 Å². The van der Waals surface area contributed by atoms with Crippen LogP contribution in [0.15, 0.2) is 53.2 Å². The minimum Gasteiger partial charge on any atom is -0.660 e. The van der Waals surface area contributed by atoms with Crippen LogP contribution in [0.25, 0.3) is 5.32 Å². The van der Waals surface area contributed by atoms with Crippen molar-refractivity contribution < 1.29 is 39.1 Å². The monoisotopic (exact) mass is 718 g/mol. The second kappa shape index (κ2) is 21.2. The molecule has 0 bridgehead atoms. The smallest absolute Gasteiger partial charge is 0.660 e. The van der Waals surface area contributed by atoms with E-state index < -0.39 is 7.25 Å². The summed E-state index contributed by atoms with van der Waals surface area (Å²) < 4.78 is 43.8. The Morgan fingerprint density at radius 3 is 1.27 bits per heavy atom. The number of hydrogen-bond acceptors (Lipinski definition) is 2. The predicted molar refractivity (Wildman–Crippen MR) is 199 cm³/mol. The van der Waals surface area contributed by atoms with Gasteiger partial charge in [-0.05, 0) is 54.1 Å². The number of rotatable bonds is 10. The molecule has 0 amide bonds. The Bertz CT molecular complexity index is 1230. The minimum absolute atomic E-state index is 0. The molecule has 0 aromatic heterocycles. The molecule has 9 heteroatoms. The van der Waals surface area contributed by atoms with Crippen molar-refractivity contribution in [3.05, 3.63) is 75.7 Å². The molecule has 0 spiro atoms. The summed E-state index contributed by atoms with van der Waals surface area (Å²) >= 11 is 0. The summed E-state index contributed by atoms with van der Waals surface area (Å²) in [6, 6.07) is 13.3. The maximum absolute atomic E-state index is 9.75. The molecule has 2 aromatic rings. The zero-order valence-corrected chi connectivity index (χ0v) is 33.6. The van der Waals surface area contributed by atoms with E-state index in [1.807, 2.05) is 13.8 Å². The van der Waals surface area contributed by atoms with E-state index in [4.69, 9.17) is 15.0 Å². The molecule has 0 atom stereocenters. The minimum atomic E-state index is -6.00. The van der Waals surface area contributed by atoms with Crippen LogP contribution in [0.3, 0.4) is 0 Å². The average Bonchev–Trinajstić information content (AvgIpc) is 2.90. The van der Waals surface area contributed by atoms with Crippen molar-refractivity contribution in [2.24, 2.45) is 15.8 Å². The molecular weight excluding hydrogens is 655 g/mol. The molecule has 2 rings (SSSR count). The Labute approximate surface area is 301 Å². The van der Waals surface area contributed by atoms with Gasteiger partial charge in [-0.15, -0.1) is 5.69 Å². The Morgan fingerprint density at radius 1 is 0.688 bits per heavy atom. The molecule has 0 aliphatic heterocycles. The molecule has 0 saturated carbocycles. The topological polar surface area (TPSA) is 35.7 Å². The molecule has 274 valence electrons. The molecule has 2 aromatic carbocycles. The predicted octanol–water partition coefficient (Wildman–Crippen LogP) is 14.3. The molecule has 0 aliphatic rings. The summed E-state index contributed by atoms with van der Waals surface area (Å²) in [7, 11) is -6.00. The van der Waals surface area contributed by atoms with Gasteiger partial charge in [-0.2, -0.15) is 5.70 Å². The SMILES string of the molecule is CC(C)c1cccc(C(C)C)c1N=C(/C=C(\[N-]c1c(C(C)C)cccc1C(C)C)C(C)(C)C)C(C)(C)C.CCOCC.F[B-](F)(F)F.[Fe+2]. The van der Waals surface area contributed by atoms with Crippen molar-refractivity contribution in [3.63, 3.8) is 0 Å².